The fraction of sp³-hybridized carbons (Fsp3) is 0.417. The fourth-order valence-corrected chi connectivity index (χ4v) is 4.75. The van der Waals surface area contributed by atoms with Crippen molar-refractivity contribution in [2.24, 2.45) is 0 Å². The van der Waals surface area contributed by atoms with Crippen molar-refractivity contribution in [3.63, 3.8) is 0 Å². The van der Waals surface area contributed by atoms with E-state index in [1.165, 1.54) is 0 Å². The van der Waals surface area contributed by atoms with Gasteiger partial charge in [0.1, 0.15) is 24.0 Å². The number of likely N-dealkylation sites (N-methyl/N-ethyl adjacent to an activating group) is 1. The Balaban J connectivity index is 1.53. The van der Waals surface area contributed by atoms with Gasteiger partial charge in [-0.25, -0.2) is 9.97 Å². The summed E-state index contributed by atoms with van der Waals surface area (Å²) < 4.78 is 46.0. The number of piperazine rings is 1. The van der Waals surface area contributed by atoms with Gasteiger partial charge in [0.05, 0.1) is 28.9 Å². The zero-order valence-electron chi connectivity index (χ0n) is 19.3. The Morgan fingerprint density at radius 2 is 1.94 bits per heavy atom. The van der Waals surface area contributed by atoms with E-state index in [2.05, 4.69) is 32.1 Å². The minimum absolute atomic E-state index is 0.0644. The van der Waals surface area contributed by atoms with Gasteiger partial charge in [0.15, 0.2) is 0 Å². The van der Waals surface area contributed by atoms with Crippen molar-refractivity contribution in [2.75, 3.05) is 49.2 Å². The molecule has 1 saturated heterocycles. The molecule has 10 heteroatoms. The van der Waals surface area contributed by atoms with Crippen molar-refractivity contribution < 1.29 is 17.9 Å². The molecule has 34 heavy (non-hydrogen) atoms. The molecule has 0 aliphatic carbocycles. The van der Waals surface area contributed by atoms with Gasteiger partial charge in [-0.05, 0) is 50.7 Å². The lowest BCUT2D eigenvalue weighted by Gasteiger charge is -2.44. The van der Waals surface area contributed by atoms with E-state index < -0.39 is 17.8 Å². The molecule has 0 unspecified atom stereocenters. The standard InChI is InChI=1S/C24H27F3N6O/c1-13(15-6-16(24(25,26)27)8-17(28)7-15)29-23-19-9-21-22(10-20(19)30-14(2)31-23)34-12-18-11-32(3)4-5-33(18)21/h6-10,13,18H,4-5,11-12,28H2,1-3H3,(H,29,30,31)/t13-,18-/m1/s1. The Hall–Kier alpha value is -3.27. The zero-order chi connectivity index (χ0) is 24.2. The average molecular weight is 473 g/mol. The summed E-state index contributed by atoms with van der Waals surface area (Å²) in [6.45, 7) is 6.95. The first-order valence-electron chi connectivity index (χ1n) is 11.2. The molecule has 0 amide bonds. The normalized spacial score (nSPS) is 19.4. The second-order valence-electron chi connectivity index (χ2n) is 9.13. The SMILES string of the molecule is Cc1nc(N[C@H](C)c2cc(N)cc(C(F)(F)F)c2)c2cc3c(cc2n1)OC[C@H]1CN(C)CCN31. The second kappa shape index (κ2) is 8.19. The van der Waals surface area contributed by atoms with Crippen molar-refractivity contribution >= 4 is 28.1 Å². The number of aromatic nitrogens is 2. The van der Waals surface area contributed by atoms with E-state index in [-0.39, 0.29) is 11.7 Å². The van der Waals surface area contributed by atoms with Gasteiger partial charge in [0.25, 0.3) is 0 Å². The highest BCUT2D eigenvalue weighted by Gasteiger charge is 2.33. The molecule has 180 valence electrons. The highest BCUT2D eigenvalue weighted by molar-refractivity contribution is 5.94. The number of rotatable bonds is 3. The van der Waals surface area contributed by atoms with Crippen LogP contribution < -0.4 is 20.7 Å². The van der Waals surface area contributed by atoms with Gasteiger partial charge >= 0.3 is 6.18 Å². The van der Waals surface area contributed by atoms with Crippen LogP contribution in [0.5, 0.6) is 5.75 Å². The van der Waals surface area contributed by atoms with Crippen LogP contribution >= 0.6 is 0 Å². The van der Waals surface area contributed by atoms with E-state index >= 15 is 0 Å². The average Bonchev–Trinajstić information content (AvgIpc) is 2.76. The lowest BCUT2D eigenvalue weighted by Crippen LogP contribution is -2.56. The Kier molecular flexibility index (Phi) is 5.43. The number of aryl methyl sites for hydroxylation is 1. The molecule has 1 aromatic heterocycles. The van der Waals surface area contributed by atoms with Crippen LogP contribution in [0.3, 0.4) is 0 Å². The molecule has 1 fully saturated rings. The third-order valence-corrected chi connectivity index (χ3v) is 6.47. The molecule has 3 aromatic rings. The Labute approximate surface area is 195 Å². The minimum atomic E-state index is -4.47. The summed E-state index contributed by atoms with van der Waals surface area (Å²) in [6, 6.07) is 7.36. The molecule has 2 aliphatic heterocycles. The maximum Gasteiger partial charge on any atom is 0.416 e. The number of anilines is 3. The van der Waals surface area contributed by atoms with Crippen molar-refractivity contribution in [1.82, 2.24) is 14.9 Å². The Bertz CT molecular complexity index is 1250. The molecule has 2 atom stereocenters. The third kappa shape index (κ3) is 4.18. The molecule has 0 spiro atoms. The third-order valence-electron chi connectivity index (χ3n) is 6.47. The Morgan fingerprint density at radius 1 is 1.15 bits per heavy atom. The number of fused-ring (bicyclic) bond motifs is 4. The summed E-state index contributed by atoms with van der Waals surface area (Å²) in [5.74, 6) is 1.90. The summed E-state index contributed by atoms with van der Waals surface area (Å²) in [5.41, 5.74) is 7.20. The number of benzene rings is 2. The number of hydrogen-bond acceptors (Lipinski definition) is 7. The van der Waals surface area contributed by atoms with Crippen LogP contribution in [0.1, 0.15) is 29.9 Å². The number of alkyl halides is 3. The van der Waals surface area contributed by atoms with Crippen molar-refractivity contribution in [3.05, 3.63) is 47.3 Å². The number of nitrogens with zero attached hydrogens (tertiary/aromatic N) is 4. The van der Waals surface area contributed by atoms with Gasteiger partial charge in [0, 0.05) is 36.8 Å². The number of nitrogens with one attached hydrogen (secondary N) is 1. The van der Waals surface area contributed by atoms with E-state index in [4.69, 9.17) is 10.5 Å². The largest absolute Gasteiger partial charge is 0.489 e. The Morgan fingerprint density at radius 3 is 2.71 bits per heavy atom. The maximum atomic E-state index is 13.3. The lowest BCUT2D eigenvalue weighted by molar-refractivity contribution is -0.137. The molecule has 7 nitrogen and oxygen atoms in total. The lowest BCUT2D eigenvalue weighted by atomic mass is 10.0. The summed E-state index contributed by atoms with van der Waals surface area (Å²) >= 11 is 0. The van der Waals surface area contributed by atoms with E-state index in [9.17, 15) is 13.2 Å². The zero-order valence-corrected chi connectivity index (χ0v) is 19.3. The number of ether oxygens (including phenoxy) is 1. The maximum absolute atomic E-state index is 13.3. The number of nitrogens with two attached hydrogens (primary N) is 1. The van der Waals surface area contributed by atoms with Crippen LogP contribution in [-0.4, -0.2) is 54.2 Å². The van der Waals surface area contributed by atoms with E-state index in [1.807, 2.05) is 12.1 Å². The number of halogens is 3. The molecule has 0 saturated carbocycles. The predicted molar refractivity (Wildman–Crippen MR) is 126 cm³/mol. The molecule has 3 heterocycles. The van der Waals surface area contributed by atoms with E-state index in [0.29, 0.717) is 23.8 Å². The van der Waals surface area contributed by atoms with Crippen molar-refractivity contribution in [2.45, 2.75) is 32.1 Å². The minimum Gasteiger partial charge on any atom is -0.489 e. The van der Waals surface area contributed by atoms with Gasteiger partial charge in [-0.15, -0.1) is 0 Å². The van der Waals surface area contributed by atoms with Crippen LogP contribution in [0.4, 0.5) is 30.4 Å². The molecular formula is C24H27F3N6O. The summed E-state index contributed by atoms with van der Waals surface area (Å²) in [6.07, 6.45) is -4.47. The number of nitrogen functional groups attached to an aromatic ring is 1. The van der Waals surface area contributed by atoms with Crippen molar-refractivity contribution in [1.29, 1.82) is 0 Å². The van der Waals surface area contributed by atoms with Gasteiger partial charge in [-0.3, -0.25) is 0 Å². The molecule has 2 aliphatic rings. The molecule has 5 rings (SSSR count). The smallest absolute Gasteiger partial charge is 0.416 e. The van der Waals surface area contributed by atoms with E-state index in [0.717, 1.165) is 54.1 Å². The quantitative estimate of drug-likeness (QED) is 0.553. The van der Waals surface area contributed by atoms with Crippen LogP contribution in [-0.2, 0) is 6.18 Å². The summed E-state index contributed by atoms with van der Waals surface area (Å²) in [7, 11) is 2.10. The summed E-state index contributed by atoms with van der Waals surface area (Å²) in [5, 5.41) is 4.08. The predicted octanol–water partition coefficient (Wildman–Crippen LogP) is 4.23. The first kappa shape index (κ1) is 22.5. The van der Waals surface area contributed by atoms with Crippen LogP contribution in [0.2, 0.25) is 0 Å². The molecule has 3 N–H and O–H groups in total. The van der Waals surface area contributed by atoms with Gasteiger partial charge in [-0.1, -0.05) is 0 Å². The fourth-order valence-electron chi connectivity index (χ4n) is 4.75. The molecule has 0 radical (unpaired) electrons. The second-order valence-corrected chi connectivity index (χ2v) is 9.13. The highest BCUT2D eigenvalue weighted by Crippen LogP contribution is 2.40. The first-order valence-corrected chi connectivity index (χ1v) is 11.2. The van der Waals surface area contributed by atoms with Gasteiger partial charge < -0.3 is 25.6 Å². The van der Waals surface area contributed by atoms with Crippen LogP contribution in [0.25, 0.3) is 10.9 Å². The van der Waals surface area contributed by atoms with Gasteiger partial charge in [-0.2, -0.15) is 13.2 Å². The van der Waals surface area contributed by atoms with Crippen molar-refractivity contribution in [3.8, 4) is 5.75 Å². The summed E-state index contributed by atoms with van der Waals surface area (Å²) in [4.78, 5) is 13.8. The topological polar surface area (TPSA) is 79.5 Å². The highest BCUT2D eigenvalue weighted by atomic mass is 19.4. The first-order chi connectivity index (χ1) is 16.1. The monoisotopic (exact) mass is 472 g/mol. The van der Waals surface area contributed by atoms with E-state index in [1.54, 1.807) is 19.9 Å². The van der Waals surface area contributed by atoms with Gasteiger partial charge in [0.2, 0.25) is 0 Å². The number of hydrogen-bond donors (Lipinski definition) is 2. The molecule has 2 aromatic carbocycles. The van der Waals surface area contributed by atoms with Crippen LogP contribution in [0.15, 0.2) is 30.3 Å². The molecule has 0 bridgehead atoms. The molecular weight excluding hydrogens is 445 g/mol. The van der Waals surface area contributed by atoms with Crippen LogP contribution in [0, 0.1) is 6.92 Å².